The molecule has 0 unspecified atom stereocenters. The molecule has 2 heterocycles. The minimum absolute atomic E-state index is 0.135. The van der Waals surface area contributed by atoms with E-state index < -0.39 is 7.12 Å². The van der Waals surface area contributed by atoms with E-state index in [1.54, 1.807) is 23.2 Å². The number of nitrogens with zero attached hydrogens (tertiary/aromatic N) is 3. The van der Waals surface area contributed by atoms with Crippen LogP contribution in [0.3, 0.4) is 0 Å². The van der Waals surface area contributed by atoms with Gasteiger partial charge in [-0.1, -0.05) is 0 Å². The molecular formula is C8H8BN3O2. The maximum absolute atomic E-state index is 8.89. The van der Waals surface area contributed by atoms with Gasteiger partial charge in [0.05, 0.1) is 11.8 Å². The van der Waals surface area contributed by atoms with Crippen molar-refractivity contribution in [3.63, 3.8) is 0 Å². The Labute approximate surface area is 80.8 Å². The van der Waals surface area contributed by atoms with Crippen molar-refractivity contribution >= 4 is 12.7 Å². The van der Waals surface area contributed by atoms with Gasteiger partial charge >= 0.3 is 7.12 Å². The molecule has 0 spiro atoms. The zero-order chi connectivity index (χ0) is 9.97. The van der Waals surface area contributed by atoms with Gasteiger partial charge in [0.15, 0.2) is 5.82 Å². The molecule has 0 aliphatic rings. The Bertz CT molecular complexity index is 416. The van der Waals surface area contributed by atoms with Crippen LogP contribution in [0.5, 0.6) is 0 Å². The first-order valence-electron chi connectivity index (χ1n) is 4.09. The van der Waals surface area contributed by atoms with Gasteiger partial charge in [-0.25, -0.2) is 4.98 Å². The smallest absolute Gasteiger partial charge is 0.422 e. The van der Waals surface area contributed by atoms with Crippen LogP contribution in [0.1, 0.15) is 0 Å². The second-order valence-electron chi connectivity index (χ2n) is 2.77. The molecule has 0 aromatic carbocycles. The molecular weight excluding hydrogens is 181 g/mol. The molecule has 0 amide bonds. The Morgan fingerprint density at radius 2 is 1.86 bits per heavy atom. The average molecular weight is 189 g/mol. The molecule has 0 aliphatic heterocycles. The lowest BCUT2D eigenvalue weighted by molar-refractivity contribution is 0.424. The Hall–Kier alpha value is -1.66. The summed E-state index contributed by atoms with van der Waals surface area (Å²) in [5, 5.41) is 17.8. The number of hydrogen-bond acceptors (Lipinski definition) is 4. The summed E-state index contributed by atoms with van der Waals surface area (Å²) in [7, 11) is -1.59. The quantitative estimate of drug-likeness (QED) is 0.591. The van der Waals surface area contributed by atoms with Crippen LogP contribution in [-0.2, 0) is 0 Å². The molecule has 0 radical (unpaired) electrons. The van der Waals surface area contributed by atoms with Gasteiger partial charge in [0.1, 0.15) is 0 Å². The summed E-state index contributed by atoms with van der Waals surface area (Å²) >= 11 is 0. The maximum Gasteiger partial charge on any atom is 0.509 e. The van der Waals surface area contributed by atoms with E-state index in [4.69, 9.17) is 10.0 Å². The zero-order valence-corrected chi connectivity index (χ0v) is 7.28. The molecule has 70 valence electrons. The highest BCUT2D eigenvalue weighted by Gasteiger charge is 2.13. The van der Waals surface area contributed by atoms with Crippen LogP contribution in [0.4, 0.5) is 0 Å². The third kappa shape index (κ3) is 1.66. The Kier molecular flexibility index (Phi) is 2.30. The maximum atomic E-state index is 8.89. The highest BCUT2D eigenvalue weighted by Crippen LogP contribution is 1.99. The van der Waals surface area contributed by atoms with Crippen molar-refractivity contribution in [1.82, 2.24) is 14.5 Å². The largest absolute Gasteiger partial charge is 0.509 e. The van der Waals surface area contributed by atoms with Crippen molar-refractivity contribution in [3.8, 4) is 5.82 Å². The summed E-state index contributed by atoms with van der Waals surface area (Å²) in [5.74, 6) is 0.556. The highest BCUT2D eigenvalue weighted by atomic mass is 16.4. The summed E-state index contributed by atoms with van der Waals surface area (Å²) in [6, 6.07) is 3.70. The number of hydrogen-bond donors (Lipinski definition) is 2. The standard InChI is InChI=1S/C8H8BN3O2/c13-9(14)7-5-10-6-8(11-7)12-3-1-2-4-12/h1-6,13-14H. The van der Waals surface area contributed by atoms with Crippen molar-refractivity contribution in [1.29, 1.82) is 0 Å². The predicted molar refractivity (Wildman–Crippen MR) is 51.2 cm³/mol. The van der Waals surface area contributed by atoms with Crippen LogP contribution >= 0.6 is 0 Å². The van der Waals surface area contributed by atoms with Crippen LogP contribution in [0, 0.1) is 0 Å². The summed E-state index contributed by atoms with van der Waals surface area (Å²) in [6.07, 6.45) is 6.47. The molecule has 0 aliphatic carbocycles. The Balaban J connectivity index is 2.41. The van der Waals surface area contributed by atoms with Gasteiger partial charge in [0.25, 0.3) is 0 Å². The first-order chi connectivity index (χ1) is 6.77. The second kappa shape index (κ2) is 3.61. The lowest BCUT2D eigenvalue weighted by Gasteiger charge is -2.03. The Morgan fingerprint density at radius 3 is 2.50 bits per heavy atom. The van der Waals surface area contributed by atoms with Crippen LogP contribution in [0.2, 0.25) is 0 Å². The van der Waals surface area contributed by atoms with Crippen molar-refractivity contribution in [2.45, 2.75) is 0 Å². The highest BCUT2D eigenvalue weighted by molar-refractivity contribution is 6.57. The van der Waals surface area contributed by atoms with E-state index in [9.17, 15) is 0 Å². The third-order valence-electron chi connectivity index (χ3n) is 1.77. The fourth-order valence-corrected chi connectivity index (χ4v) is 1.11. The van der Waals surface area contributed by atoms with E-state index >= 15 is 0 Å². The van der Waals surface area contributed by atoms with Crippen molar-refractivity contribution in [2.75, 3.05) is 0 Å². The lowest BCUT2D eigenvalue weighted by atomic mass is 9.87. The minimum atomic E-state index is -1.59. The van der Waals surface area contributed by atoms with Crippen LogP contribution in [0.15, 0.2) is 36.9 Å². The SMILES string of the molecule is OB(O)c1cncc(-n2cccc2)n1. The molecule has 5 nitrogen and oxygen atoms in total. The number of rotatable bonds is 2. The van der Waals surface area contributed by atoms with E-state index in [0.29, 0.717) is 5.82 Å². The fourth-order valence-electron chi connectivity index (χ4n) is 1.11. The van der Waals surface area contributed by atoms with E-state index in [2.05, 4.69) is 9.97 Å². The van der Waals surface area contributed by atoms with Gasteiger partial charge in [-0.05, 0) is 12.1 Å². The zero-order valence-electron chi connectivity index (χ0n) is 7.28. The number of aromatic nitrogens is 3. The summed E-state index contributed by atoms with van der Waals surface area (Å²) in [4.78, 5) is 7.87. The molecule has 2 aromatic heterocycles. The van der Waals surface area contributed by atoms with E-state index in [0.717, 1.165) is 0 Å². The van der Waals surface area contributed by atoms with Gasteiger partial charge in [0.2, 0.25) is 0 Å². The molecule has 6 heteroatoms. The second-order valence-corrected chi connectivity index (χ2v) is 2.77. The normalized spacial score (nSPS) is 10.1. The van der Waals surface area contributed by atoms with Gasteiger partial charge < -0.3 is 14.6 Å². The van der Waals surface area contributed by atoms with Crippen LogP contribution in [0.25, 0.3) is 5.82 Å². The predicted octanol–water partition coefficient (Wildman–Crippen LogP) is -1.05. The molecule has 2 N–H and O–H groups in total. The first-order valence-corrected chi connectivity index (χ1v) is 4.09. The summed E-state index contributed by atoms with van der Waals surface area (Å²) in [6.45, 7) is 0. The fraction of sp³-hybridized carbons (Fsp3) is 0. The molecule has 0 bridgehead atoms. The summed E-state index contributed by atoms with van der Waals surface area (Å²) in [5.41, 5.74) is 0.135. The topological polar surface area (TPSA) is 71.2 Å². The van der Waals surface area contributed by atoms with Crippen molar-refractivity contribution < 1.29 is 10.0 Å². The molecule has 14 heavy (non-hydrogen) atoms. The van der Waals surface area contributed by atoms with Gasteiger partial charge in [0, 0.05) is 18.6 Å². The first kappa shape index (κ1) is 8.92. The summed E-state index contributed by atoms with van der Waals surface area (Å²) < 4.78 is 1.74. The van der Waals surface area contributed by atoms with E-state index in [1.165, 1.54) is 6.20 Å². The lowest BCUT2D eigenvalue weighted by Crippen LogP contribution is -2.33. The van der Waals surface area contributed by atoms with E-state index in [-0.39, 0.29) is 5.59 Å². The molecule has 0 saturated heterocycles. The molecule has 2 rings (SSSR count). The van der Waals surface area contributed by atoms with Crippen molar-refractivity contribution in [2.24, 2.45) is 0 Å². The van der Waals surface area contributed by atoms with Crippen LogP contribution < -0.4 is 5.59 Å². The minimum Gasteiger partial charge on any atom is -0.422 e. The van der Waals surface area contributed by atoms with E-state index in [1.807, 2.05) is 12.1 Å². The Morgan fingerprint density at radius 1 is 1.14 bits per heavy atom. The van der Waals surface area contributed by atoms with Crippen LogP contribution in [-0.4, -0.2) is 31.7 Å². The molecule has 2 aromatic rings. The van der Waals surface area contributed by atoms with Gasteiger partial charge in [-0.3, -0.25) is 4.98 Å². The van der Waals surface area contributed by atoms with Gasteiger partial charge in [-0.15, -0.1) is 0 Å². The monoisotopic (exact) mass is 189 g/mol. The average Bonchev–Trinajstić information content (AvgIpc) is 2.71. The molecule has 0 saturated carbocycles. The molecule has 0 atom stereocenters. The van der Waals surface area contributed by atoms with Crippen molar-refractivity contribution in [3.05, 3.63) is 36.9 Å². The molecule has 0 fully saturated rings. The van der Waals surface area contributed by atoms with Gasteiger partial charge in [-0.2, -0.15) is 0 Å². The third-order valence-corrected chi connectivity index (χ3v) is 1.77.